The SMILES string of the molecule is C[S@@](=O)c1ccc(C(=O)OC[C@H]2CCOc3ccccc32)cc1. The predicted molar refractivity (Wildman–Crippen MR) is 88.4 cm³/mol. The minimum absolute atomic E-state index is 0.159. The summed E-state index contributed by atoms with van der Waals surface area (Å²) in [7, 11) is -1.05. The van der Waals surface area contributed by atoms with Crippen molar-refractivity contribution in [2.45, 2.75) is 17.2 Å². The van der Waals surface area contributed by atoms with E-state index >= 15 is 0 Å². The molecule has 1 aliphatic heterocycles. The fourth-order valence-corrected chi connectivity index (χ4v) is 3.15. The smallest absolute Gasteiger partial charge is 0.338 e. The average Bonchev–Trinajstić information content (AvgIpc) is 2.59. The van der Waals surface area contributed by atoms with Crippen molar-refractivity contribution in [2.24, 2.45) is 0 Å². The first-order chi connectivity index (χ1) is 11.1. The molecule has 0 bridgehead atoms. The Balaban J connectivity index is 1.64. The van der Waals surface area contributed by atoms with Gasteiger partial charge < -0.3 is 9.47 Å². The van der Waals surface area contributed by atoms with E-state index in [0.717, 1.165) is 17.7 Å². The van der Waals surface area contributed by atoms with Gasteiger partial charge in [0.25, 0.3) is 0 Å². The normalized spacial score (nSPS) is 17.7. The van der Waals surface area contributed by atoms with E-state index in [0.29, 0.717) is 23.7 Å². The molecule has 0 spiro atoms. The molecule has 3 rings (SSSR count). The van der Waals surface area contributed by atoms with Crippen molar-refractivity contribution in [1.82, 2.24) is 0 Å². The number of esters is 1. The lowest BCUT2D eigenvalue weighted by molar-refractivity contribution is 0.0459. The average molecular weight is 330 g/mol. The van der Waals surface area contributed by atoms with Gasteiger partial charge in [-0.3, -0.25) is 4.21 Å². The Labute approximate surface area is 137 Å². The molecule has 2 atom stereocenters. The number of hydrogen-bond donors (Lipinski definition) is 0. The van der Waals surface area contributed by atoms with Crippen molar-refractivity contribution in [2.75, 3.05) is 19.5 Å². The Bertz CT molecular complexity index is 724. The molecule has 0 N–H and O–H groups in total. The number of rotatable bonds is 4. The quantitative estimate of drug-likeness (QED) is 0.808. The van der Waals surface area contributed by atoms with Crippen LogP contribution in [0.3, 0.4) is 0 Å². The molecule has 0 saturated heterocycles. The van der Waals surface area contributed by atoms with Crippen LogP contribution >= 0.6 is 0 Å². The van der Waals surface area contributed by atoms with Crippen LogP contribution in [0.4, 0.5) is 0 Å². The van der Waals surface area contributed by atoms with Crippen molar-refractivity contribution in [3.63, 3.8) is 0 Å². The van der Waals surface area contributed by atoms with Gasteiger partial charge in [-0.2, -0.15) is 0 Å². The van der Waals surface area contributed by atoms with Gasteiger partial charge in [-0.15, -0.1) is 0 Å². The summed E-state index contributed by atoms with van der Waals surface area (Å²) in [4.78, 5) is 12.8. The van der Waals surface area contributed by atoms with Gasteiger partial charge in [0.2, 0.25) is 0 Å². The van der Waals surface area contributed by atoms with Gasteiger partial charge in [0.1, 0.15) is 5.75 Å². The van der Waals surface area contributed by atoms with E-state index in [1.807, 2.05) is 24.3 Å². The molecule has 1 aliphatic rings. The lowest BCUT2D eigenvalue weighted by Crippen LogP contribution is -2.20. The van der Waals surface area contributed by atoms with Crippen LogP contribution < -0.4 is 4.74 Å². The van der Waals surface area contributed by atoms with Crippen molar-refractivity contribution < 1.29 is 18.5 Å². The lowest BCUT2D eigenvalue weighted by Gasteiger charge is -2.25. The van der Waals surface area contributed by atoms with Gasteiger partial charge in [-0.25, -0.2) is 4.79 Å². The lowest BCUT2D eigenvalue weighted by atomic mass is 9.94. The third kappa shape index (κ3) is 3.62. The third-order valence-corrected chi connectivity index (χ3v) is 4.86. The van der Waals surface area contributed by atoms with Crippen LogP contribution in [0.2, 0.25) is 0 Å². The Morgan fingerprint density at radius 1 is 1.22 bits per heavy atom. The number of para-hydroxylation sites is 1. The van der Waals surface area contributed by atoms with Gasteiger partial charge in [-0.05, 0) is 36.8 Å². The zero-order valence-electron chi connectivity index (χ0n) is 12.9. The summed E-state index contributed by atoms with van der Waals surface area (Å²) in [6.45, 7) is 0.969. The molecule has 0 saturated carbocycles. The summed E-state index contributed by atoms with van der Waals surface area (Å²) in [5.41, 5.74) is 1.56. The van der Waals surface area contributed by atoms with Gasteiger partial charge in [-0.1, -0.05) is 18.2 Å². The summed E-state index contributed by atoms with van der Waals surface area (Å²) < 4.78 is 22.4. The molecule has 1 heterocycles. The van der Waals surface area contributed by atoms with Gasteiger partial charge in [0, 0.05) is 33.4 Å². The largest absolute Gasteiger partial charge is 0.493 e. The standard InChI is InChI=1S/C18H18O4S/c1-23(20)15-8-6-13(7-9-15)18(19)22-12-14-10-11-21-17-5-3-2-4-16(14)17/h2-9,14H,10-12H2,1H3/t14-,23-/m1/s1. The summed E-state index contributed by atoms with van der Waals surface area (Å²) in [5.74, 6) is 0.670. The van der Waals surface area contributed by atoms with Crippen molar-refractivity contribution in [3.05, 3.63) is 59.7 Å². The number of benzene rings is 2. The molecule has 0 radical (unpaired) electrons. The first kappa shape index (κ1) is 15.7. The van der Waals surface area contributed by atoms with E-state index in [4.69, 9.17) is 9.47 Å². The Morgan fingerprint density at radius 3 is 2.70 bits per heavy atom. The van der Waals surface area contributed by atoms with Crippen LogP contribution in [0.1, 0.15) is 28.3 Å². The van der Waals surface area contributed by atoms with E-state index in [1.165, 1.54) is 0 Å². The minimum Gasteiger partial charge on any atom is -0.493 e. The topological polar surface area (TPSA) is 52.6 Å². The van der Waals surface area contributed by atoms with Crippen molar-refractivity contribution in [1.29, 1.82) is 0 Å². The van der Waals surface area contributed by atoms with E-state index in [-0.39, 0.29) is 11.9 Å². The molecule has 4 nitrogen and oxygen atoms in total. The van der Waals surface area contributed by atoms with E-state index in [2.05, 4.69) is 0 Å². The summed E-state index contributed by atoms with van der Waals surface area (Å²) in [5, 5.41) is 0. The molecule has 0 amide bonds. The van der Waals surface area contributed by atoms with E-state index < -0.39 is 10.8 Å². The molecule has 0 fully saturated rings. The van der Waals surface area contributed by atoms with Crippen LogP contribution in [0.25, 0.3) is 0 Å². The van der Waals surface area contributed by atoms with Crippen LogP contribution in [0, 0.1) is 0 Å². The second-order valence-electron chi connectivity index (χ2n) is 5.45. The fraction of sp³-hybridized carbons (Fsp3) is 0.278. The second kappa shape index (κ2) is 6.96. The molecule has 5 heteroatoms. The Hall–Kier alpha value is -2.14. The van der Waals surface area contributed by atoms with Crippen LogP contribution in [0.15, 0.2) is 53.4 Å². The van der Waals surface area contributed by atoms with Crippen LogP contribution in [-0.4, -0.2) is 29.6 Å². The number of hydrogen-bond acceptors (Lipinski definition) is 4. The number of carbonyl (C=O) groups excluding carboxylic acids is 1. The molecule has 23 heavy (non-hydrogen) atoms. The Morgan fingerprint density at radius 2 is 1.96 bits per heavy atom. The fourth-order valence-electron chi connectivity index (χ4n) is 2.63. The molecule has 0 aromatic heterocycles. The predicted octanol–water partition coefficient (Wildman–Crippen LogP) is 3.15. The Kier molecular flexibility index (Phi) is 4.76. The molecule has 120 valence electrons. The molecule has 2 aromatic carbocycles. The number of ether oxygens (including phenoxy) is 2. The highest BCUT2D eigenvalue weighted by Gasteiger charge is 2.22. The highest BCUT2D eigenvalue weighted by molar-refractivity contribution is 7.84. The molecule has 0 aliphatic carbocycles. The summed E-state index contributed by atoms with van der Waals surface area (Å²) >= 11 is 0. The van der Waals surface area contributed by atoms with Crippen molar-refractivity contribution in [3.8, 4) is 5.75 Å². The van der Waals surface area contributed by atoms with Gasteiger partial charge in [0.05, 0.1) is 18.8 Å². The van der Waals surface area contributed by atoms with Crippen LogP contribution in [0.5, 0.6) is 5.75 Å². The van der Waals surface area contributed by atoms with Gasteiger partial charge in [0.15, 0.2) is 0 Å². The van der Waals surface area contributed by atoms with Crippen LogP contribution in [-0.2, 0) is 15.5 Å². The van der Waals surface area contributed by atoms with Crippen molar-refractivity contribution >= 4 is 16.8 Å². The monoisotopic (exact) mass is 330 g/mol. The summed E-state index contributed by atoms with van der Waals surface area (Å²) in [6.07, 6.45) is 2.44. The number of carbonyl (C=O) groups is 1. The van der Waals surface area contributed by atoms with Gasteiger partial charge >= 0.3 is 5.97 Å². The maximum absolute atomic E-state index is 12.2. The maximum Gasteiger partial charge on any atom is 0.338 e. The van der Waals surface area contributed by atoms with E-state index in [1.54, 1.807) is 30.5 Å². The molecule has 0 unspecified atom stereocenters. The minimum atomic E-state index is -1.05. The highest BCUT2D eigenvalue weighted by Crippen LogP contribution is 2.33. The second-order valence-corrected chi connectivity index (χ2v) is 6.83. The molecule has 2 aromatic rings. The first-order valence-corrected chi connectivity index (χ1v) is 9.03. The number of fused-ring (bicyclic) bond motifs is 1. The molecular weight excluding hydrogens is 312 g/mol. The highest BCUT2D eigenvalue weighted by atomic mass is 32.2. The first-order valence-electron chi connectivity index (χ1n) is 7.47. The van der Waals surface area contributed by atoms with E-state index in [9.17, 15) is 9.00 Å². The zero-order chi connectivity index (χ0) is 16.2. The third-order valence-electron chi connectivity index (χ3n) is 3.92. The zero-order valence-corrected chi connectivity index (χ0v) is 13.7. The molecular formula is C18H18O4S. The maximum atomic E-state index is 12.2. The summed E-state index contributed by atoms with van der Waals surface area (Å²) in [6, 6.07) is 14.5.